The van der Waals surface area contributed by atoms with Gasteiger partial charge in [0.2, 0.25) is 14.2 Å². The van der Waals surface area contributed by atoms with Gasteiger partial charge in [-0.2, -0.15) is 0 Å². The molecule has 1 N–H and O–H groups in total. The van der Waals surface area contributed by atoms with E-state index in [4.69, 9.17) is 5.11 Å². The van der Waals surface area contributed by atoms with Crippen molar-refractivity contribution >= 4 is 21.2 Å². The van der Waals surface area contributed by atoms with E-state index < -0.39 is 16.4 Å². The van der Waals surface area contributed by atoms with Crippen molar-refractivity contribution in [3.8, 4) is 21.7 Å². The Morgan fingerprint density at radius 1 is 1.04 bits per heavy atom. The van der Waals surface area contributed by atoms with Crippen molar-refractivity contribution in [1.82, 2.24) is 9.97 Å². The Morgan fingerprint density at radius 3 is 2.43 bits per heavy atom. The molecule has 0 aliphatic heterocycles. The van der Waals surface area contributed by atoms with Crippen molar-refractivity contribution in [2.75, 3.05) is 12.4 Å². The van der Waals surface area contributed by atoms with Gasteiger partial charge >= 0.3 is 0 Å². The van der Waals surface area contributed by atoms with E-state index in [0.29, 0.717) is 5.69 Å². The number of nitrogens with zero attached hydrogens (tertiary/aromatic N) is 2. The summed E-state index contributed by atoms with van der Waals surface area (Å²) < 4.78 is 24.5. The molecular weight excluding hydrogens is 332 g/mol. The second-order valence-corrected chi connectivity index (χ2v) is 8.09. The highest BCUT2D eigenvalue weighted by atomic mass is 32.2. The highest BCUT2D eigenvalue weighted by Gasteiger charge is 2.23. The van der Waals surface area contributed by atoms with Crippen LogP contribution in [0.3, 0.4) is 0 Å². The number of aliphatic hydroxyl groups excluding tert-OH is 1. The molecule has 0 aliphatic carbocycles. The topological polar surface area (TPSA) is 80.2 Å². The van der Waals surface area contributed by atoms with Gasteiger partial charge < -0.3 is 5.11 Å². The molecule has 23 heavy (non-hydrogen) atoms. The maximum Gasteiger partial charge on any atom is 0.210 e. The van der Waals surface area contributed by atoms with Gasteiger partial charge in [0.25, 0.3) is 0 Å². The van der Waals surface area contributed by atoms with E-state index in [1.807, 2.05) is 36.4 Å². The second kappa shape index (κ2) is 6.57. The summed E-state index contributed by atoms with van der Waals surface area (Å²) in [6, 6.07) is 13.1. The molecule has 2 heterocycles. The van der Waals surface area contributed by atoms with Gasteiger partial charge in [-0.25, -0.2) is 13.4 Å². The Hall–Kier alpha value is -2.09. The summed E-state index contributed by atoms with van der Waals surface area (Å²) >= 11 is 1.10. The first-order valence-electron chi connectivity index (χ1n) is 6.92. The molecule has 118 valence electrons. The van der Waals surface area contributed by atoms with Crippen molar-refractivity contribution in [3.05, 3.63) is 54.9 Å². The fourth-order valence-corrected chi connectivity index (χ4v) is 4.59. The van der Waals surface area contributed by atoms with Gasteiger partial charge in [0, 0.05) is 23.5 Å². The van der Waals surface area contributed by atoms with Crippen LogP contribution in [-0.4, -0.2) is 35.9 Å². The SMILES string of the molecule is O=S(=O)(CCO)c1nc(-c2ccccc2)c(-c2cccnc2)s1. The fourth-order valence-electron chi connectivity index (χ4n) is 2.13. The molecule has 0 bridgehead atoms. The maximum absolute atomic E-state index is 12.2. The predicted molar refractivity (Wildman–Crippen MR) is 89.9 cm³/mol. The smallest absolute Gasteiger partial charge is 0.210 e. The lowest BCUT2D eigenvalue weighted by molar-refractivity contribution is 0.319. The van der Waals surface area contributed by atoms with E-state index in [1.165, 1.54) is 0 Å². The first kappa shape index (κ1) is 15.8. The molecule has 0 saturated carbocycles. The molecule has 0 fully saturated rings. The minimum atomic E-state index is -3.59. The lowest BCUT2D eigenvalue weighted by atomic mass is 10.1. The number of hydrogen-bond donors (Lipinski definition) is 1. The molecular formula is C16H14N2O3S2. The highest BCUT2D eigenvalue weighted by molar-refractivity contribution is 7.93. The molecule has 0 unspecified atom stereocenters. The van der Waals surface area contributed by atoms with Gasteiger partial charge in [-0.3, -0.25) is 4.98 Å². The van der Waals surface area contributed by atoms with Gasteiger partial charge in [0.1, 0.15) is 0 Å². The molecule has 0 saturated heterocycles. The van der Waals surface area contributed by atoms with Crippen LogP contribution in [0.5, 0.6) is 0 Å². The van der Waals surface area contributed by atoms with E-state index in [-0.39, 0.29) is 10.1 Å². The zero-order valence-electron chi connectivity index (χ0n) is 12.1. The summed E-state index contributed by atoms with van der Waals surface area (Å²) in [4.78, 5) is 9.18. The van der Waals surface area contributed by atoms with Crippen LogP contribution in [0.25, 0.3) is 21.7 Å². The third kappa shape index (κ3) is 3.31. The van der Waals surface area contributed by atoms with Gasteiger partial charge in [-0.05, 0) is 6.07 Å². The second-order valence-electron chi connectivity index (χ2n) is 4.81. The molecule has 0 aliphatic rings. The van der Waals surface area contributed by atoms with Crippen LogP contribution in [0, 0.1) is 0 Å². The lowest BCUT2D eigenvalue weighted by Gasteiger charge is -2.01. The zero-order chi connectivity index (χ0) is 16.3. The Bertz CT molecular complexity index is 835. The number of aromatic nitrogens is 2. The number of hydrogen-bond acceptors (Lipinski definition) is 6. The van der Waals surface area contributed by atoms with Crippen LogP contribution in [0.1, 0.15) is 0 Å². The van der Waals surface area contributed by atoms with Crippen molar-refractivity contribution in [3.63, 3.8) is 0 Å². The van der Waals surface area contributed by atoms with E-state index >= 15 is 0 Å². The average molecular weight is 346 g/mol. The molecule has 0 atom stereocenters. The Morgan fingerprint density at radius 2 is 1.78 bits per heavy atom. The minimum Gasteiger partial charge on any atom is -0.395 e. The minimum absolute atomic E-state index is 0.0178. The molecule has 0 amide bonds. The van der Waals surface area contributed by atoms with E-state index in [0.717, 1.165) is 27.3 Å². The maximum atomic E-state index is 12.2. The number of thiazole rings is 1. The summed E-state index contributed by atoms with van der Waals surface area (Å²) in [5.74, 6) is -0.332. The summed E-state index contributed by atoms with van der Waals surface area (Å²) in [5, 5.41) is 8.96. The monoisotopic (exact) mass is 346 g/mol. The third-order valence-electron chi connectivity index (χ3n) is 3.20. The van der Waals surface area contributed by atoms with Gasteiger partial charge in [0.15, 0.2) is 0 Å². The third-order valence-corrected chi connectivity index (χ3v) is 6.46. The van der Waals surface area contributed by atoms with Crippen molar-refractivity contribution in [1.29, 1.82) is 0 Å². The highest BCUT2D eigenvalue weighted by Crippen LogP contribution is 2.38. The molecule has 1 aromatic carbocycles. The summed E-state index contributed by atoms with van der Waals surface area (Å²) in [6.07, 6.45) is 3.35. The van der Waals surface area contributed by atoms with Gasteiger partial charge in [-0.15, -0.1) is 11.3 Å². The average Bonchev–Trinajstić information content (AvgIpc) is 3.03. The number of benzene rings is 1. The largest absolute Gasteiger partial charge is 0.395 e. The number of aliphatic hydroxyl groups is 1. The molecule has 7 heteroatoms. The molecule has 3 aromatic rings. The van der Waals surface area contributed by atoms with Gasteiger partial charge in [0.05, 0.1) is 22.9 Å². The van der Waals surface area contributed by atoms with E-state index in [9.17, 15) is 8.42 Å². The van der Waals surface area contributed by atoms with E-state index in [2.05, 4.69) is 9.97 Å². The summed E-state index contributed by atoms with van der Waals surface area (Å²) in [7, 11) is -3.59. The number of rotatable bonds is 5. The first-order valence-corrected chi connectivity index (χ1v) is 9.39. The number of sulfone groups is 1. The van der Waals surface area contributed by atoms with Crippen molar-refractivity contribution in [2.45, 2.75) is 4.34 Å². The molecule has 5 nitrogen and oxygen atoms in total. The molecule has 0 radical (unpaired) electrons. The summed E-state index contributed by atoms with van der Waals surface area (Å²) in [5.41, 5.74) is 2.27. The van der Waals surface area contributed by atoms with Crippen LogP contribution in [-0.2, 0) is 9.84 Å². The lowest BCUT2D eigenvalue weighted by Crippen LogP contribution is -2.09. The van der Waals surface area contributed by atoms with Crippen LogP contribution >= 0.6 is 11.3 Å². The summed E-state index contributed by atoms with van der Waals surface area (Å²) in [6.45, 7) is -0.426. The molecule has 0 spiro atoms. The molecule has 2 aromatic heterocycles. The van der Waals surface area contributed by atoms with Crippen LogP contribution in [0.4, 0.5) is 0 Å². The fraction of sp³-hybridized carbons (Fsp3) is 0.125. The quantitative estimate of drug-likeness (QED) is 0.768. The first-order chi connectivity index (χ1) is 11.1. The Balaban J connectivity index is 2.19. The van der Waals surface area contributed by atoms with Crippen LogP contribution < -0.4 is 0 Å². The van der Waals surface area contributed by atoms with Crippen molar-refractivity contribution in [2.24, 2.45) is 0 Å². The standard InChI is InChI=1S/C16H14N2O3S2/c19-9-10-23(20,21)16-18-14(12-5-2-1-3-6-12)15(22-16)13-7-4-8-17-11-13/h1-8,11,19H,9-10H2. The van der Waals surface area contributed by atoms with Gasteiger partial charge in [-0.1, -0.05) is 36.4 Å². The molecule has 3 rings (SSSR count). The number of pyridine rings is 1. The zero-order valence-corrected chi connectivity index (χ0v) is 13.7. The Labute approximate surface area is 138 Å². The van der Waals surface area contributed by atoms with Crippen molar-refractivity contribution < 1.29 is 13.5 Å². The van der Waals surface area contributed by atoms with Crippen LogP contribution in [0.2, 0.25) is 0 Å². The van der Waals surface area contributed by atoms with Crippen LogP contribution in [0.15, 0.2) is 59.2 Å². The Kier molecular flexibility index (Phi) is 4.51. The predicted octanol–water partition coefficient (Wildman–Crippen LogP) is 2.64. The van der Waals surface area contributed by atoms with E-state index in [1.54, 1.807) is 18.5 Å². The normalized spacial score (nSPS) is 11.5.